The molecule has 1 N–H and O–H groups in total. The van der Waals surface area contributed by atoms with Crippen molar-refractivity contribution in [3.63, 3.8) is 0 Å². The predicted molar refractivity (Wildman–Crippen MR) is 78.4 cm³/mol. The molecule has 19 heavy (non-hydrogen) atoms. The number of fused-ring (bicyclic) bond motifs is 1. The maximum Gasteiger partial charge on any atom is 0.244 e. The van der Waals surface area contributed by atoms with Crippen molar-refractivity contribution in [3.8, 4) is 0 Å². The maximum atomic E-state index is 12.6. The van der Waals surface area contributed by atoms with Crippen molar-refractivity contribution in [1.29, 1.82) is 0 Å². The minimum absolute atomic E-state index is 0.370. The Balaban J connectivity index is 2.23. The second-order valence-electron chi connectivity index (χ2n) is 4.43. The van der Waals surface area contributed by atoms with Gasteiger partial charge in [0.15, 0.2) is 0 Å². The standard InChI is InChI=1S/C13H13BrN2O2S/c14-12-5-1-4-11-10(12)3-2-6-13(11)19(17,18)16-8-7-15-9-16/h1-6,15H,7-9H2. The molecule has 0 aromatic heterocycles. The number of hydrogen-bond acceptors (Lipinski definition) is 3. The van der Waals surface area contributed by atoms with E-state index in [4.69, 9.17) is 0 Å². The van der Waals surface area contributed by atoms with E-state index in [9.17, 15) is 8.42 Å². The number of benzene rings is 2. The molecule has 1 aliphatic heterocycles. The molecule has 6 heteroatoms. The Labute approximate surface area is 120 Å². The lowest BCUT2D eigenvalue weighted by Gasteiger charge is -2.16. The van der Waals surface area contributed by atoms with Crippen LogP contribution in [-0.4, -0.2) is 32.5 Å². The summed E-state index contributed by atoms with van der Waals surface area (Å²) in [7, 11) is -3.43. The largest absolute Gasteiger partial charge is 0.302 e. The summed E-state index contributed by atoms with van der Waals surface area (Å²) in [6, 6.07) is 11.0. The second kappa shape index (κ2) is 4.86. The molecule has 4 nitrogen and oxygen atoms in total. The van der Waals surface area contributed by atoms with Crippen LogP contribution in [0.25, 0.3) is 10.8 Å². The second-order valence-corrected chi connectivity index (χ2v) is 7.19. The Hall–Kier alpha value is -0.950. The summed E-state index contributed by atoms with van der Waals surface area (Å²) in [5.41, 5.74) is 0. The normalized spacial score (nSPS) is 17.1. The van der Waals surface area contributed by atoms with Gasteiger partial charge in [0.25, 0.3) is 0 Å². The Kier molecular flexibility index (Phi) is 3.34. The fourth-order valence-corrected chi connectivity index (χ4v) is 4.37. The van der Waals surface area contributed by atoms with E-state index in [1.165, 1.54) is 4.31 Å². The molecule has 0 amide bonds. The van der Waals surface area contributed by atoms with Crippen molar-refractivity contribution < 1.29 is 8.42 Å². The Morgan fingerprint density at radius 2 is 1.84 bits per heavy atom. The first-order valence-corrected chi connectivity index (χ1v) is 8.22. The van der Waals surface area contributed by atoms with Crippen LogP contribution < -0.4 is 5.32 Å². The summed E-state index contributed by atoms with van der Waals surface area (Å²) in [5.74, 6) is 0. The van der Waals surface area contributed by atoms with Gasteiger partial charge < -0.3 is 5.32 Å². The molecule has 0 atom stereocenters. The zero-order valence-electron chi connectivity index (χ0n) is 10.1. The van der Waals surface area contributed by atoms with E-state index in [1.807, 2.05) is 24.3 Å². The molecule has 1 fully saturated rings. The van der Waals surface area contributed by atoms with Gasteiger partial charge in [0.2, 0.25) is 10.0 Å². The molecule has 0 bridgehead atoms. The highest BCUT2D eigenvalue weighted by atomic mass is 79.9. The van der Waals surface area contributed by atoms with Gasteiger partial charge in [-0.25, -0.2) is 8.42 Å². The van der Waals surface area contributed by atoms with E-state index < -0.39 is 10.0 Å². The van der Waals surface area contributed by atoms with Gasteiger partial charge in [0.05, 0.1) is 11.6 Å². The molecule has 0 saturated carbocycles. The molecular formula is C13H13BrN2O2S. The fourth-order valence-electron chi connectivity index (χ4n) is 2.30. The number of nitrogens with zero attached hydrogens (tertiary/aromatic N) is 1. The van der Waals surface area contributed by atoms with Gasteiger partial charge in [-0.15, -0.1) is 0 Å². The summed E-state index contributed by atoms with van der Waals surface area (Å²) in [6.07, 6.45) is 0. The van der Waals surface area contributed by atoms with E-state index in [2.05, 4.69) is 21.2 Å². The average molecular weight is 341 g/mol. The van der Waals surface area contributed by atoms with Crippen LogP contribution in [0, 0.1) is 0 Å². The SMILES string of the molecule is O=S(=O)(c1cccc2c(Br)cccc12)N1CCNC1. The molecule has 1 aliphatic rings. The topological polar surface area (TPSA) is 49.4 Å². The van der Waals surface area contributed by atoms with Crippen LogP contribution in [0.1, 0.15) is 0 Å². The van der Waals surface area contributed by atoms with E-state index >= 15 is 0 Å². The van der Waals surface area contributed by atoms with Gasteiger partial charge in [0.1, 0.15) is 0 Å². The quantitative estimate of drug-likeness (QED) is 0.911. The van der Waals surface area contributed by atoms with Gasteiger partial charge in [-0.05, 0) is 17.5 Å². The number of rotatable bonds is 2. The maximum absolute atomic E-state index is 12.6. The van der Waals surface area contributed by atoms with Crippen LogP contribution in [0.3, 0.4) is 0 Å². The van der Waals surface area contributed by atoms with Crippen LogP contribution in [0.4, 0.5) is 0 Å². The van der Waals surface area contributed by atoms with Crippen LogP contribution in [-0.2, 0) is 10.0 Å². The molecule has 2 aromatic rings. The lowest BCUT2D eigenvalue weighted by atomic mass is 10.1. The Bertz CT molecular complexity index is 725. The molecule has 0 radical (unpaired) electrons. The zero-order chi connectivity index (χ0) is 13.5. The van der Waals surface area contributed by atoms with Crippen LogP contribution in [0.2, 0.25) is 0 Å². The Morgan fingerprint density at radius 3 is 2.58 bits per heavy atom. The minimum atomic E-state index is -3.43. The van der Waals surface area contributed by atoms with Crippen molar-refractivity contribution in [2.24, 2.45) is 0 Å². The van der Waals surface area contributed by atoms with Crippen molar-refractivity contribution in [3.05, 3.63) is 40.9 Å². The highest BCUT2D eigenvalue weighted by Crippen LogP contribution is 2.30. The number of sulfonamides is 1. The molecular weight excluding hydrogens is 328 g/mol. The minimum Gasteiger partial charge on any atom is -0.302 e. The smallest absolute Gasteiger partial charge is 0.244 e. The third-order valence-corrected chi connectivity index (χ3v) is 5.87. The first kappa shape index (κ1) is 13.1. The van der Waals surface area contributed by atoms with Crippen LogP contribution in [0.15, 0.2) is 45.8 Å². The predicted octanol–water partition coefficient (Wildman–Crippen LogP) is 2.15. The average Bonchev–Trinajstić information content (AvgIpc) is 2.93. The van der Waals surface area contributed by atoms with Gasteiger partial charge in [-0.2, -0.15) is 4.31 Å². The summed E-state index contributed by atoms with van der Waals surface area (Å²) in [6.45, 7) is 1.60. The highest BCUT2D eigenvalue weighted by molar-refractivity contribution is 9.10. The molecule has 0 spiro atoms. The molecule has 1 saturated heterocycles. The first-order chi connectivity index (χ1) is 9.10. The lowest BCUT2D eigenvalue weighted by Crippen LogP contribution is -2.29. The van der Waals surface area contributed by atoms with E-state index in [1.54, 1.807) is 12.1 Å². The van der Waals surface area contributed by atoms with Crippen molar-refractivity contribution >= 4 is 36.7 Å². The number of hydrogen-bond donors (Lipinski definition) is 1. The van der Waals surface area contributed by atoms with Crippen molar-refractivity contribution in [2.75, 3.05) is 19.8 Å². The monoisotopic (exact) mass is 340 g/mol. The fraction of sp³-hybridized carbons (Fsp3) is 0.231. The van der Waals surface area contributed by atoms with Gasteiger partial charge in [-0.1, -0.05) is 40.2 Å². The molecule has 100 valence electrons. The molecule has 1 heterocycles. The third kappa shape index (κ3) is 2.18. The van der Waals surface area contributed by atoms with E-state index in [0.29, 0.717) is 24.7 Å². The van der Waals surface area contributed by atoms with E-state index in [0.717, 1.165) is 15.2 Å². The molecule has 0 unspecified atom stereocenters. The van der Waals surface area contributed by atoms with Crippen molar-refractivity contribution in [2.45, 2.75) is 4.90 Å². The number of halogens is 1. The molecule has 2 aromatic carbocycles. The lowest BCUT2D eigenvalue weighted by molar-refractivity contribution is 0.474. The molecule has 0 aliphatic carbocycles. The summed E-state index contributed by atoms with van der Waals surface area (Å²) < 4.78 is 27.6. The van der Waals surface area contributed by atoms with Gasteiger partial charge in [-0.3, -0.25) is 0 Å². The summed E-state index contributed by atoms with van der Waals surface area (Å²) >= 11 is 3.46. The van der Waals surface area contributed by atoms with E-state index in [-0.39, 0.29) is 0 Å². The summed E-state index contributed by atoms with van der Waals surface area (Å²) in [4.78, 5) is 0.370. The number of nitrogens with one attached hydrogen (secondary N) is 1. The van der Waals surface area contributed by atoms with Crippen molar-refractivity contribution in [1.82, 2.24) is 9.62 Å². The highest BCUT2D eigenvalue weighted by Gasteiger charge is 2.28. The first-order valence-electron chi connectivity index (χ1n) is 5.99. The molecule has 3 rings (SSSR count). The van der Waals surface area contributed by atoms with Gasteiger partial charge >= 0.3 is 0 Å². The van der Waals surface area contributed by atoms with Crippen LogP contribution >= 0.6 is 15.9 Å². The third-order valence-electron chi connectivity index (χ3n) is 3.27. The van der Waals surface area contributed by atoms with Gasteiger partial charge in [0, 0.05) is 22.9 Å². The Morgan fingerprint density at radius 1 is 1.11 bits per heavy atom. The zero-order valence-corrected chi connectivity index (χ0v) is 12.5. The van der Waals surface area contributed by atoms with Crippen LogP contribution in [0.5, 0.6) is 0 Å². The summed E-state index contributed by atoms with van der Waals surface area (Å²) in [5, 5.41) is 4.71.